The quantitative estimate of drug-likeness (QED) is 0.743. The number of anilines is 1. The Morgan fingerprint density at radius 2 is 2.23 bits per heavy atom. The number of hydrogen-bond acceptors (Lipinski definition) is 4. The van der Waals surface area contributed by atoms with Crippen molar-refractivity contribution in [3.8, 4) is 11.4 Å². The molecule has 134 valence electrons. The van der Waals surface area contributed by atoms with Gasteiger partial charge in [0.25, 0.3) is 5.78 Å². The van der Waals surface area contributed by atoms with Crippen LogP contribution >= 0.6 is 11.6 Å². The fourth-order valence-electron chi connectivity index (χ4n) is 2.75. The zero-order valence-electron chi connectivity index (χ0n) is 13.4. The maximum absolute atomic E-state index is 14.2. The Kier molecular flexibility index (Phi) is 4.15. The molecule has 1 aliphatic heterocycles. The Hall–Kier alpha value is -2.81. The van der Waals surface area contributed by atoms with E-state index < -0.39 is 18.0 Å². The number of carbonyl (C=O) groups is 1. The van der Waals surface area contributed by atoms with Crippen molar-refractivity contribution in [2.24, 2.45) is 0 Å². The van der Waals surface area contributed by atoms with Gasteiger partial charge in [-0.25, -0.2) is 23.1 Å². The summed E-state index contributed by atoms with van der Waals surface area (Å²) < 4.78 is 28.8. The highest BCUT2D eigenvalue weighted by atomic mass is 35.5. The molecule has 3 heterocycles. The van der Waals surface area contributed by atoms with E-state index in [0.717, 1.165) is 0 Å². The molecule has 2 amide bonds. The third kappa shape index (κ3) is 3.17. The topological polar surface area (TPSA) is 75.4 Å². The Bertz CT molecular complexity index is 994. The lowest BCUT2D eigenvalue weighted by molar-refractivity contribution is 0.218. The summed E-state index contributed by atoms with van der Waals surface area (Å²) >= 11 is 5.86. The lowest BCUT2D eigenvalue weighted by atomic mass is 10.2. The number of likely N-dealkylation sites (tertiary alicyclic amines) is 1. The summed E-state index contributed by atoms with van der Waals surface area (Å²) in [5.41, 5.74) is 0.466. The van der Waals surface area contributed by atoms with E-state index in [2.05, 4.69) is 20.4 Å². The molecule has 2 aromatic heterocycles. The number of carbonyl (C=O) groups excluding carboxylic acids is 1. The zero-order valence-corrected chi connectivity index (χ0v) is 14.1. The van der Waals surface area contributed by atoms with Gasteiger partial charge in [-0.1, -0.05) is 11.6 Å². The first-order valence-corrected chi connectivity index (χ1v) is 8.25. The number of rotatable bonds is 2. The Labute approximate surface area is 151 Å². The van der Waals surface area contributed by atoms with Crippen LogP contribution in [-0.4, -0.2) is 49.8 Å². The fourth-order valence-corrected chi connectivity index (χ4v) is 2.89. The Balaban J connectivity index is 1.62. The molecule has 26 heavy (non-hydrogen) atoms. The molecule has 1 aromatic carbocycles. The van der Waals surface area contributed by atoms with Crippen molar-refractivity contribution in [2.75, 3.05) is 18.4 Å². The van der Waals surface area contributed by atoms with Crippen LogP contribution < -0.4 is 5.32 Å². The van der Waals surface area contributed by atoms with Crippen molar-refractivity contribution in [3.05, 3.63) is 41.4 Å². The van der Waals surface area contributed by atoms with Gasteiger partial charge in [-0.15, -0.1) is 5.10 Å². The van der Waals surface area contributed by atoms with Gasteiger partial charge in [-0.2, -0.15) is 4.98 Å². The largest absolute Gasteiger partial charge is 0.322 e. The summed E-state index contributed by atoms with van der Waals surface area (Å²) in [6, 6.07) is 3.62. The van der Waals surface area contributed by atoms with Crippen LogP contribution in [0.3, 0.4) is 0 Å². The third-order valence-corrected chi connectivity index (χ3v) is 4.23. The minimum atomic E-state index is -1.01. The summed E-state index contributed by atoms with van der Waals surface area (Å²) in [6.45, 7) is 0.405. The van der Waals surface area contributed by atoms with E-state index in [1.165, 1.54) is 40.0 Å². The van der Waals surface area contributed by atoms with E-state index in [1.54, 1.807) is 0 Å². The smallest absolute Gasteiger partial charge is 0.321 e. The third-order valence-electron chi connectivity index (χ3n) is 4.04. The average molecular weight is 379 g/mol. The highest BCUT2D eigenvalue weighted by Gasteiger charge is 2.26. The maximum Gasteiger partial charge on any atom is 0.321 e. The monoisotopic (exact) mass is 378 g/mol. The second-order valence-electron chi connectivity index (χ2n) is 5.91. The number of benzene rings is 1. The number of amides is 2. The van der Waals surface area contributed by atoms with Crippen molar-refractivity contribution in [1.82, 2.24) is 24.5 Å². The molecule has 0 radical (unpaired) electrons. The minimum absolute atomic E-state index is 0.0559. The fraction of sp³-hybridized carbons (Fsp3) is 0.250. The Morgan fingerprint density at radius 3 is 3.00 bits per heavy atom. The van der Waals surface area contributed by atoms with Crippen LogP contribution in [0.5, 0.6) is 0 Å². The van der Waals surface area contributed by atoms with Gasteiger partial charge in [0.1, 0.15) is 12.0 Å². The molecule has 1 atom stereocenters. The van der Waals surface area contributed by atoms with E-state index in [4.69, 9.17) is 11.6 Å². The minimum Gasteiger partial charge on any atom is -0.322 e. The van der Waals surface area contributed by atoms with Gasteiger partial charge in [0.05, 0.1) is 29.5 Å². The molecular weight excluding hydrogens is 366 g/mol. The zero-order chi connectivity index (χ0) is 18.3. The van der Waals surface area contributed by atoms with Crippen molar-refractivity contribution in [1.29, 1.82) is 0 Å². The van der Waals surface area contributed by atoms with Gasteiger partial charge < -0.3 is 10.2 Å². The number of urea groups is 1. The number of hydrogen-bond donors (Lipinski definition) is 1. The van der Waals surface area contributed by atoms with Crippen molar-refractivity contribution in [3.63, 3.8) is 0 Å². The molecule has 4 rings (SSSR count). The summed E-state index contributed by atoms with van der Waals surface area (Å²) in [7, 11) is 0. The molecule has 1 fully saturated rings. The van der Waals surface area contributed by atoms with Crippen LogP contribution in [-0.2, 0) is 0 Å². The molecule has 10 heteroatoms. The van der Waals surface area contributed by atoms with Gasteiger partial charge >= 0.3 is 6.03 Å². The maximum atomic E-state index is 14.2. The van der Waals surface area contributed by atoms with Gasteiger partial charge in [-0.05, 0) is 24.6 Å². The average Bonchev–Trinajstić information content (AvgIpc) is 3.22. The molecule has 0 spiro atoms. The number of aromatic nitrogens is 4. The van der Waals surface area contributed by atoms with Crippen LogP contribution in [0.15, 0.2) is 30.6 Å². The van der Waals surface area contributed by atoms with Crippen LogP contribution in [0.25, 0.3) is 17.2 Å². The standard InChI is InChI=1S/C16H13ClF2N6O/c17-9-6-20-15-22-14(23-25(15)7-9)12-5-11(1-2-13(12)19)21-16(26)24-4-3-10(18)8-24/h1-2,5-7,10H,3-4,8H2,(H,21,26)/t10-/m1/s1. The van der Waals surface area contributed by atoms with Gasteiger partial charge in [-0.3, -0.25) is 0 Å². The number of fused-ring (bicyclic) bond motifs is 1. The molecule has 1 saturated heterocycles. The molecular formula is C16H13ClF2N6O. The van der Waals surface area contributed by atoms with Gasteiger partial charge in [0.2, 0.25) is 0 Å². The van der Waals surface area contributed by atoms with Crippen molar-refractivity contribution < 1.29 is 13.6 Å². The second kappa shape index (κ2) is 6.49. The number of halogens is 3. The normalized spacial score (nSPS) is 17.0. The highest BCUT2D eigenvalue weighted by Crippen LogP contribution is 2.25. The van der Waals surface area contributed by atoms with Crippen LogP contribution in [0, 0.1) is 5.82 Å². The summed E-state index contributed by atoms with van der Waals surface area (Å²) in [6.07, 6.45) is 2.23. The van der Waals surface area contributed by atoms with Crippen molar-refractivity contribution >= 4 is 29.1 Å². The molecule has 0 saturated carbocycles. The summed E-state index contributed by atoms with van der Waals surface area (Å²) in [5, 5.41) is 7.17. The lowest BCUT2D eigenvalue weighted by Crippen LogP contribution is -2.33. The first-order valence-electron chi connectivity index (χ1n) is 7.87. The number of alkyl halides is 1. The van der Waals surface area contributed by atoms with Crippen LogP contribution in [0.4, 0.5) is 19.3 Å². The molecule has 3 aromatic rings. The number of nitrogens with one attached hydrogen (secondary N) is 1. The molecule has 0 aliphatic carbocycles. The molecule has 7 nitrogen and oxygen atoms in total. The highest BCUT2D eigenvalue weighted by molar-refractivity contribution is 6.30. The lowest BCUT2D eigenvalue weighted by Gasteiger charge is -2.16. The summed E-state index contributed by atoms with van der Waals surface area (Å²) in [5.74, 6) is -0.169. The van der Waals surface area contributed by atoms with E-state index in [9.17, 15) is 13.6 Å². The SMILES string of the molecule is O=C(Nc1ccc(F)c(-c2nc3ncc(Cl)cn3n2)c1)N1CC[C@@H](F)C1. The van der Waals surface area contributed by atoms with Crippen LogP contribution in [0.2, 0.25) is 5.02 Å². The second-order valence-corrected chi connectivity index (χ2v) is 6.35. The molecule has 1 aliphatic rings. The Morgan fingerprint density at radius 1 is 1.38 bits per heavy atom. The number of nitrogens with zero attached hydrogens (tertiary/aromatic N) is 5. The first kappa shape index (κ1) is 16.6. The van der Waals surface area contributed by atoms with E-state index >= 15 is 0 Å². The molecule has 0 bridgehead atoms. The van der Waals surface area contributed by atoms with E-state index in [0.29, 0.717) is 23.7 Å². The van der Waals surface area contributed by atoms with E-state index in [-0.39, 0.29) is 23.7 Å². The van der Waals surface area contributed by atoms with Crippen LogP contribution in [0.1, 0.15) is 6.42 Å². The first-order chi connectivity index (χ1) is 12.5. The predicted molar refractivity (Wildman–Crippen MR) is 91.3 cm³/mol. The molecule has 0 unspecified atom stereocenters. The van der Waals surface area contributed by atoms with Gasteiger partial charge in [0.15, 0.2) is 5.82 Å². The van der Waals surface area contributed by atoms with Crippen molar-refractivity contribution in [2.45, 2.75) is 12.6 Å². The van der Waals surface area contributed by atoms with E-state index in [1.807, 2.05) is 0 Å². The van der Waals surface area contributed by atoms with Gasteiger partial charge in [0, 0.05) is 12.2 Å². The molecule has 1 N–H and O–H groups in total. The summed E-state index contributed by atoms with van der Waals surface area (Å²) in [4.78, 5) is 21.7. The predicted octanol–water partition coefficient (Wildman–Crippen LogP) is 3.16.